The lowest BCUT2D eigenvalue weighted by Gasteiger charge is -2.18. The van der Waals surface area contributed by atoms with Gasteiger partial charge in [0.15, 0.2) is 17.6 Å². The molecule has 33 heavy (non-hydrogen) atoms. The zero-order valence-electron chi connectivity index (χ0n) is 17.8. The smallest absolute Gasteiger partial charge is 0.331 e. The Kier molecular flexibility index (Phi) is 7.18. The summed E-state index contributed by atoms with van der Waals surface area (Å²) in [6.45, 7) is -0.108. The van der Waals surface area contributed by atoms with Gasteiger partial charge >= 0.3 is 11.9 Å². The molecule has 1 atom stereocenters. The van der Waals surface area contributed by atoms with Crippen LogP contribution in [0.25, 0.3) is 12.2 Å². The van der Waals surface area contributed by atoms with Crippen LogP contribution in [0, 0.1) is 0 Å². The maximum Gasteiger partial charge on any atom is 0.331 e. The number of esters is 2. The lowest BCUT2D eigenvalue weighted by Crippen LogP contribution is -2.18. The van der Waals surface area contributed by atoms with E-state index in [-0.39, 0.29) is 13.4 Å². The average Bonchev–Trinajstić information content (AvgIpc) is 3.34. The van der Waals surface area contributed by atoms with Gasteiger partial charge < -0.3 is 18.9 Å². The van der Waals surface area contributed by atoms with Crippen LogP contribution in [0.2, 0.25) is 0 Å². The number of ether oxygens (including phenoxy) is 4. The highest BCUT2D eigenvalue weighted by atomic mass is 16.7. The van der Waals surface area contributed by atoms with Crippen molar-refractivity contribution in [3.05, 3.63) is 108 Å². The molecule has 0 fully saturated rings. The van der Waals surface area contributed by atoms with E-state index in [4.69, 9.17) is 18.9 Å². The third kappa shape index (κ3) is 6.11. The largest absolute Gasteiger partial charge is 0.458 e. The van der Waals surface area contributed by atoms with Gasteiger partial charge in [0.05, 0.1) is 0 Å². The molecule has 4 rings (SSSR count). The van der Waals surface area contributed by atoms with Gasteiger partial charge in [0.25, 0.3) is 0 Å². The predicted octanol–water partition coefficient (Wildman–Crippen LogP) is 4.97. The fraction of sp³-hybridized carbons (Fsp3) is 0.111. The Morgan fingerprint density at radius 1 is 0.788 bits per heavy atom. The molecule has 3 aromatic carbocycles. The quantitative estimate of drug-likeness (QED) is 0.362. The summed E-state index contributed by atoms with van der Waals surface area (Å²) in [5.41, 5.74) is 2.29. The fourth-order valence-electron chi connectivity index (χ4n) is 3.24. The van der Waals surface area contributed by atoms with Crippen LogP contribution in [0.3, 0.4) is 0 Å². The lowest BCUT2D eigenvalue weighted by atomic mass is 10.1. The van der Waals surface area contributed by atoms with E-state index in [0.717, 1.165) is 11.1 Å². The summed E-state index contributed by atoms with van der Waals surface area (Å²) >= 11 is 0. The zero-order valence-corrected chi connectivity index (χ0v) is 17.8. The molecule has 0 aromatic heterocycles. The van der Waals surface area contributed by atoms with Crippen LogP contribution in [0.4, 0.5) is 0 Å². The summed E-state index contributed by atoms with van der Waals surface area (Å²) in [6, 6.07) is 24.1. The van der Waals surface area contributed by atoms with Crippen molar-refractivity contribution in [2.75, 3.05) is 13.4 Å². The highest BCUT2D eigenvalue weighted by molar-refractivity contribution is 5.88. The third-order valence-corrected chi connectivity index (χ3v) is 4.83. The monoisotopic (exact) mass is 442 g/mol. The molecule has 0 saturated carbocycles. The molecule has 166 valence electrons. The first-order valence-electron chi connectivity index (χ1n) is 10.4. The van der Waals surface area contributed by atoms with E-state index in [2.05, 4.69) is 0 Å². The second kappa shape index (κ2) is 10.8. The van der Waals surface area contributed by atoms with Gasteiger partial charge in [-0.25, -0.2) is 9.59 Å². The molecule has 0 spiro atoms. The Labute approximate surface area is 191 Å². The molecule has 1 aliphatic heterocycles. The number of hydrogen-bond acceptors (Lipinski definition) is 6. The normalized spacial score (nSPS) is 13.2. The van der Waals surface area contributed by atoms with Crippen molar-refractivity contribution in [1.82, 2.24) is 0 Å². The first-order chi connectivity index (χ1) is 16.2. The first-order valence-corrected chi connectivity index (χ1v) is 10.4. The van der Waals surface area contributed by atoms with Crippen LogP contribution in [0.15, 0.2) is 91.0 Å². The molecule has 0 amide bonds. The second-order valence-electron chi connectivity index (χ2n) is 7.12. The average molecular weight is 442 g/mol. The molecule has 0 N–H and O–H groups in total. The van der Waals surface area contributed by atoms with Crippen LogP contribution in [-0.2, 0) is 19.1 Å². The molecule has 0 bridgehead atoms. The number of benzene rings is 3. The zero-order chi connectivity index (χ0) is 22.9. The van der Waals surface area contributed by atoms with Gasteiger partial charge in [0, 0.05) is 17.7 Å². The summed E-state index contributed by atoms with van der Waals surface area (Å²) in [6.07, 6.45) is 5.11. The molecular weight excluding hydrogens is 420 g/mol. The number of carbonyl (C=O) groups is 2. The van der Waals surface area contributed by atoms with Gasteiger partial charge in [0.2, 0.25) is 6.79 Å². The van der Waals surface area contributed by atoms with E-state index >= 15 is 0 Å². The fourth-order valence-corrected chi connectivity index (χ4v) is 3.24. The molecule has 0 unspecified atom stereocenters. The number of rotatable bonds is 8. The number of para-hydroxylation sites is 1. The minimum Gasteiger partial charge on any atom is -0.458 e. The summed E-state index contributed by atoms with van der Waals surface area (Å²) in [4.78, 5) is 24.8. The predicted molar refractivity (Wildman–Crippen MR) is 123 cm³/mol. The molecule has 3 aromatic rings. The minimum absolute atomic E-state index is 0.0700. The lowest BCUT2D eigenvalue weighted by molar-refractivity contribution is -0.153. The van der Waals surface area contributed by atoms with Crippen molar-refractivity contribution in [2.45, 2.75) is 6.10 Å². The van der Waals surface area contributed by atoms with Crippen molar-refractivity contribution >= 4 is 24.1 Å². The highest BCUT2D eigenvalue weighted by Gasteiger charge is 2.26. The molecule has 1 aliphatic rings. The van der Waals surface area contributed by atoms with Gasteiger partial charge in [-0.1, -0.05) is 72.8 Å². The highest BCUT2D eigenvalue weighted by Crippen LogP contribution is 2.39. The minimum atomic E-state index is -0.872. The number of hydrogen-bond donors (Lipinski definition) is 0. The van der Waals surface area contributed by atoms with Crippen LogP contribution in [0.5, 0.6) is 11.5 Å². The number of fused-ring (bicyclic) bond motifs is 1. The van der Waals surface area contributed by atoms with Crippen molar-refractivity contribution in [3.63, 3.8) is 0 Å². The van der Waals surface area contributed by atoms with Crippen molar-refractivity contribution in [1.29, 1.82) is 0 Å². The van der Waals surface area contributed by atoms with Gasteiger partial charge in [-0.05, 0) is 29.3 Å². The Hall–Kier alpha value is -4.32. The van der Waals surface area contributed by atoms with Crippen molar-refractivity contribution in [3.8, 4) is 11.5 Å². The summed E-state index contributed by atoms with van der Waals surface area (Å²) in [7, 11) is 0. The Balaban J connectivity index is 1.46. The summed E-state index contributed by atoms with van der Waals surface area (Å²) in [5, 5.41) is 0. The molecule has 6 nitrogen and oxygen atoms in total. The van der Waals surface area contributed by atoms with Gasteiger partial charge in [-0.2, -0.15) is 0 Å². The Morgan fingerprint density at radius 3 is 2.09 bits per heavy atom. The van der Waals surface area contributed by atoms with Gasteiger partial charge in [-0.15, -0.1) is 0 Å². The number of carbonyl (C=O) groups excluding carboxylic acids is 2. The Morgan fingerprint density at radius 2 is 1.42 bits per heavy atom. The van der Waals surface area contributed by atoms with E-state index in [9.17, 15) is 9.59 Å². The Bertz CT molecular complexity index is 1150. The van der Waals surface area contributed by atoms with Crippen LogP contribution in [0.1, 0.15) is 22.8 Å². The molecule has 0 aliphatic carbocycles. The van der Waals surface area contributed by atoms with Crippen LogP contribution in [-0.4, -0.2) is 25.3 Å². The second-order valence-corrected chi connectivity index (χ2v) is 7.12. The van der Waals surface area contributed by atoms with E-state index in [1.165, 1.54) is 12.2 Å². The summed E-state index contributed by atoms with van der Waals surface area (Å²) in [5.74, 6) is -0.109. The van der Waals surface area contributed by atoms with Crippen molar-refractivity contribution in [2.24, 2.45) is 0 Å². The van der Waals surface area contributed by atoms with Gasteiger partial charge in [-0.3, -0.25) is 0 Å². The molecule has 1 heterocycles. The summed E-state index contributed by atoms with van der Waals surface area (Å²) < 4.78 is 22.0. The molecule has 0 radical (unpaired) electrons. The first kappa shape index (κ1) is 21.9. The topological polar surface area (TPSA) is 71.1 Å². The SMILES string of the molecule is O=C(C=Cc1ccccc1)OC[C@@H](OC(=O)/C=C/c1ccccc1)c1cccc2c1OCO2. The van der Waals surface area contributed by atoms with Crippen LogP contribution >= 0.6 is 0 Å². The maximum atomic E-state index is 12.5. The van der Waals surface area contributed by atoms with Crippen LogP contribution < -0.4 is 9.47 Å². The van der Waals surface area contributed by atoms with E-state index < -0.39 is 18.0 Å². The van der Waals surface area contributed by atoms with E-state index in [1.54, 1.807) is 30.4 Å². The maximum absolute atomic E-state index is 12.5. The standard InChI is InChI=1S/C27H22O6/c28-25(16-14-20-8-3-1-4-9-20)30-18-24(22-12-7-13-23-27(22)32-19-31-23)33-26(29)17-15-21-10-5-2-6-11-21/h1-17,24H,18-19H2/b16-14?,17-15+/t24-/m1/s1. The van der Waals surface area contributed by atoms with Gasteiger partial charge in [0.1, 0.15) is 6.61 Å². The van der Waals surface area contributed by atoms with Crippen molar-refractivity contribution < 1.29 is 28.5 Å². The molecule has 6 heteroatoms. The van der Waals surface area contributed by atoms with E-state index in [0.29, 0.717) is 17.1 Å². The molecular formula is C27H22O6. The third-order valence-electron chi connectivity index (χ3n) is 4.83. The molecule has 0 saturated heterocycles. The van der Waals surface area contributed by atoms with E-state index in [1.807, 2.05) is 60.7 Å².